The van der Waals surface area contributed by atoms with Gasteiger partial charge in [-0.05, 0) is 38.9 Å². The van der Waals surface area contributed by atoms with Crippen molar-refractivity contribution in [2.45, 2.75) is 105 Å². The number of benzene rings is 2. The molecule has 0 fully saturated rings. The fraction of sp³-hybridized carbons (Fsp3) is 0.516. The molecule has 0 radical (unpaired) electrons. The van der Waals surface area contributed by atoms with Crippen molar-refractivity contribution in [1.82, 2.24) is 0 Å². The van der Waals surface area contributed by atoms with E-state index in [2.05, 4.69) is 119 Å². The van der Waals surface area contributed by atoms with Crippen LogP contribution >= 0.6 is 17.0 Å². The standard InChI is InChI=1S/C31H43.2ClH.Zr/c1-12-20(2)22-15-21-13-14-27(31(9,10)11)28(26(21)18-22)23-16-24(29(3,4)5)19-25(17-23)30(6,7)8;;;/h13-20H,12H2,1-11H3;2*1H;/q-1;;;+2/p-2. The summed E-state index contributed by atoms with van der Waals surface area (Å²) in [5.74, 6) is 0.587. The van der Waals surface area contributed by atoms with Gasteiger partial charge in [0.25, 0.3) is 0 Å². The molecular weight excluding hydrogens is 534 g/mol. The van der Waals surface area contributed by atoms with Gasteiger partial charge in [0.1, 0.15) is 0 Å². The number of fused-ring (bicyclic) bond motifs is 1. The van der Waals surface area contributed by atoms with Crippen LogP contribution in [0.4, 0.5) is 0 Å². The number of halogens is 2. The van der Waals surface area contributed by atoms with Crippen molar-refractivity contribution in [3.05, 3.63) is 64.7 Å². The monoisotopic (exact) mass is 575 g/mol. The predicted octanol–water partition coefficient (Wildman–Crippen LogP) is 11.0. The third-order valence-electron chi connectivity index (χ3n) is 6.86. The summed E-state index contributed by atoms with van der Waals surface area (Å²) in [6, 6.07) is 16.9. The maximum absolute atomic E-state index is 4.93. The van der Waals surface area contributed by atoms with Gasteiger partial charge in [-0.3, -0.25) is 0 Å². The zero-order chi connectivity index (χ0) is 26.1. The Kier molecular flexibility index (Phi) is 9.86. The van der Waals surface area contributed by atoms with Crippen LogP contribution in [0.2, 0.25) is 0 Å². The third kappa shape index (κ3) is 7.05. The molecule has 3 aromatic rings. The topological polar surface area (TPSA) is 0 Å². The van der Waals surface area contributed by atoms with Crippen LogP contribution in [0.25, 0.3) is 21.9 Å². The van der Waals surface area contributed by atoms with E-state index in [0.717, 1.165) is 0 Å². The van der Waals surface area contributed by atoms with Crippen molar-refractivity contribution in [3.8, 4) is 11.1 Å². The second-order valence-electron chi connectivity index (χ2n) is 12.7. The molecule has 1 atom stereocenters. The van der Waals surface area contributed by atoms with E-state index in [1.54, 1.807) is 0 Å². The Labute approximate surface area is 227 Å². The van der Waals surface area contributed by atoms with E-state index in [9.17, 15) is 0 Å². The minimum absolute atomic E-state index is 0.0803. The van der Waals surface area contributed by atoms with Gasteiger partial charge in [0.2, 0.25) is 0 Å². The molecule has 0 spiro atoms. The number of rotatable bonds is 3. The van der Waals surface area contributed by atoms with E-state index in [1.165, 1.54) is 50.6 Å². The van der Waals surface area contributed by atoms with Gasteiger partial charge in [-0.1, -0.05) is 112 Å². The third-order valence-corrected chi connectivity index (χ3v) is 6.86. The first-order valence-corrected chi connectivity index (χ1v) is 18.7. The molecule has 1 unspecified atom stereocenters. The molecule has 0 heterocycles. The second-order valence-corrected chi connectivity index (χ2v) is 16.4. The molecule has 3 aromatic carbocycles. The fourth-order valence-corrected chi connectivity index (χ4v) is 4.40. The summed E-state index contributed by atoms with van der Waals surface area (Å²) in [5, 5.41) is 2.78. The molecule has 0 N–H and O–H groups in total. The molecule has 0 aliphatic rings. The van der Waals surface area contributed by atoms with Crippen LogP contribution in [0.1, 0.15) is 111 Å². The van der Waals surface area contributed by atoms with E-state index in [0.29, 0.717) is 5.92 Å². The minimum atomic E-state index is -0.826. The maximum atomic E-state index is 4.93. The van der Waals surface area contributed by atoms with Gasteiger partial charge in [0, 0.05) is 0 Å². The number of hydrogen-bond donors (Lipinski definition) is 0. The average molecular weight is 578 g/mol. The summed E-state index contributed by atoms with van der Waals surface area (Å²) in [6.07, 6.45) is 1.17. The summed E-state index contributed by atoms with van der Waals surface area (Å²) < 4.78 is 0. The summed E-state index contributed by atoms with van der Waals surface area (Å²) in [7, 11) is 9.87. The van der Waals surface area contributed by atoms with Crippen molar-refractivity contribution < 1.29 is 20.8 Å². The van der Waals surface area contributed by atoms with Gasteiger partial charge in [-0.15, -0.1) is 34.5 Å². The van der Waals surface area contributed by atoms with Crippen molar-refractivity contribution >= 4 is 27.8 Å². The molecule has 0 nitrogen and oxygen atoms in total. The van der Waals surface area contributed by atoms with Gasteiger partial charge < -0.3 is 0 Å². The Hall–Kier alpha value is -0.487. The van der Waals surface area contributed by atoms with Crippen molar-refractivity contribution in [2.24, 2.45) is 0 Å². The van der Waals surface area contributed by atoms with Crippen molar-refractivity contribution in [2.75, 3.05) is 0 Å². The Bertz CT molecular complexity index is 1070. The first-order chi connectivity index (χ1) is 15.5. The molecule has 186 valence electrons. The van der Waals surface area contributed by atoms with Gasteiger partial charge >= 0.3 is 37.9 Å². The Morgan fingerprint density at radius 3 is 1.71 bits per heavy atom. The summed E-state index contributed by atoms with van der Waals surface area (Å²) in [6.45, 7) is 25.6. The number of hydrogen-bond acceptors (Lipinski definition) is 0. The molecule has 0 aliphatic heterocycles. The van der Waals surface area contributed by atoms with Crippen LogP contribution in [0.3, 0.4) is 0 Å². The molecule has 0 saturated heterocycles. The van der Waals surface area contributed by atoms with Crippen LogP contribution < -0.4 is 0 Å². The van der Waals surface area contributed by atoms with E-state index in [-0.39, 0.29) is 16.2 Å². The first-order valence-electron chi connectivity index (χ1n) is 12.4. The molecule has 0 bridgehead atoms. The molecule has 0 aromatic heterocycles. The van der Waals surface area contributed by atoms with E-state index < -0.39 is 20.8 Å². The molecule has 0 saturated carbocycles. The van der Waals surface area contributed by atoms with Crippen LogP contribution in [0, 0.1) is 0 Å². The zero-order valence-corrected chi connectivity index (χ0v) is 27.1. The normalized spacial score (nSPS) is 13.4. The average Bonchev–Trinajstić information content (AvgIpc) is 3.15. The van der Waals surface area contributed by atoms with Crippen LogP contribution in [-0.2, 0) is 37.1 Å². The Morgan fingerprint density at radius 1 is 0.794 bits per heavy atom. The van der Waals surface area contributed by atoms with Gasteiger partial charge in [0.15, 0.2) is 0 Å². The molecule has 3 heteroatoms. The van der Waals surface area contributed by atoms with Gasteiger partial charge in [-0.25, -0.2) is 0 Å². The van der Waals surface area contributed by atoms with Crippen LogP contribution in [0.5, 0.6) is 0 Å². The molecular formula is C31H43Cl2Zr-. The van der Waals surface area contributed by atoms with E-state index in [4.69, 9.17) is 17.0 Å². The summed E-state index contributed by atoms with van der Waals surface area (Å²) in [4.78, 5) is 0. The van der Waals surface area contributed by atoms with Crippen LogP contribution in [0.15, 0.2) is 42.5 Å². The molecule has 3 rings (SSSR count). The summed E-state index contributed by atoms with van der Waals surface area (Å²) >= 11 is -0.826. The SMILES string of the molecule is CCC(C)c1cc2c(-c3cc(C(C)(C)C)cc(C(C)(C)C)c3)c(C(C)(C)C)ccc2[cH-]1.[Cl][Zr][Cl]. The molecule has 0 aliphatic carbocycles. The van der Waals surface area contributed by atoms with E-state index >= 15 is 0 Å². The second kappa shape index (κ2) is 11.3. The van der Waals surface area contributed by atoms with Crippen molar-refractivity contribution in [1.29, 1.82) is 0 Å². The predicted molar refractivity (Wildman–Crippen MR) is 151 cm³/mol. The van der Waals surface area contributed by atoms with Crippen LogP contribution in [-0.4, -0.2) is 0 Å². The molecule has 0 amide bonds. The quantitative estimate of drug-likeness (QED) is 0.272. The summed E-state index contributed by atoms with van der Waals surface area (Å²) in [5.41, 5.74) is 8.84. The Balaban J connectivity index is 0.00000129. The fourth-order valence-electron chi connectivity index (χ4n) is 4.40. The van der Waals surface area contributed by atoms with Crippen molar-refractivity contribution in [3.63, 3.8) is 0 Å². The van der Waals surface area contributed by atoms with Gasteiger partial charge in [-0.2, -0.15) is 6.07 Å². The first kappa shape index (κ1) is 29.7. The Morgan fingerprint density at radius 2 is 1.29 bits per heavy atom. The van der Waals surface area contributed by atoms with E-state index in [1.807, 2.05) is 0 Å². The molecule has 34 heavy (non-hydrogen) atoms. The zero-order valence-electron chi connectivity index (χ0n) is 23.1. The van der Waals surface area contributed by atoms with Gasteiger partial charge in [0.05, 0.1) is 0 Å².